The molecule has 0 aromatic heterocycles. The minimum atomic E-state index is -3.54. The first-order valence-corrected chi connectivity index (χ1v) is 7.89. The maximum absolute atomic E-state index is 11.9. The van der Waals surface area contributed by atoms with Crippen LogP contribution in [0.5, 0.6) is 0 Å². The van der Waals surface area contributed by atoms with Gasteiger partial charge in [-0.15, -0.1) is 0 Å². The highest BCUT2D eigenvalue weighted by Crippen LogP contribution is 2.11. The maximum Gasteiger partial charge on any atom is 0.251 e. The van der Waals surface area contributed by atoms with Gasteiger partial charge >= 0.3 is 0 Å². The second-order valence-corrected chi connectivity index (χ2v) is 5.93. The Labute approximate surface area is 119 Å². The van der Waals surface area contributed by atoms with Gasteiger partial charge in [-0.25, -0.2) is 13.1 Å². The molecule has 0 fully saturated rings. The largest absolute Gasteiger partial charge is 0.382 e. The molecule has 0 aliphatic rings. The van der Waals surface area contributed by atoms with E-state index in [-0.39, 0.29) is 10.8 Å². The van der Waals surface area contributed by atoms with E-state index in [9.17, 15) is 13.2 Å². The number of sulfonamides is 1. The lowest BCUT2D eigenvalue weighted by Gasteiger charge is -2.07. The van der Waals surface area contributed by atoms with Crippen LogP contribution in [-0.2, 0) is 14.8 Å². The number of carbonyl (C=O) groups is 1. The first-order chi connectivity index (χ1) is 9.51. The van der Waals surface area contributed by atoms with Gasteiger partial charge in [-0.3, -0.25) is 4.79 Å². The Morgan fingerprint density at radius 2 is 2.10 bits per heavy atom. The van der Waals surface area contributed by atoms with Crippen LogP contribution >= 0.6 is 0 Å². The predicted molar refractivity (Wildman–Crippen MR) is 76.1 cm³/mol. The quantitative estimate of drug-likeness (QED) is 0.694. The molecular weight excluding hydrogens is 280 g/mol. The number of nitrogens with one attached hydrogen (secondary N) is 2. The smallest absolute Gasteiger partial charge is 0.251 e. The molecule has 0 saturated carbocycles. The lowest BCUT2D eigenvalue weighted by atomic mass is 10.2. The van der Waals surface area contributed by atoms with Crippen LogP contribution in [0.25, 0.3) is 0 Å². The molecule has 0 unspecified atom stereocenters. The van der Waals surface area contributed by atoms with Crippen LogP contribution in [0.2, 0.25) is 0 Å². The monoisotopic (exact) mass is 300 g/mol. The molecule has 0 radical (unpaired) electrons. The molecule has 0 saturated heterocycles. The van der Waals surface area contributed by atoms with Crippen molar-refractivity contribution < 1.29 is 17.9 Å². The van der Waals surface area contributed by atoms with E-state index in [1.807, 2.05) is 6.92 Å². The Morgan fingerprint density at radius 3 is 2.75 bits per heavy atom. The summed E-state index contributed by atoms with van der Waals surface area (Å²) in [7, 11) is -2.21. The van der Waals surface area contributed by atoms with Crippen LogP contribution < -0.4 is 10.0 Å². The number of benzene rings is 1. The molecule has 20 heavy (non-hydrogen) atoms. The molecule has 112 valence electrons. The third-order valence-corrected chi connectivity index (χ3v) is 4.04. The average molecular weight is 300 g/mol. The first-order valence-electron chi connectivity index (χ1n) is 6.41. The second-order valence-electron chi connectivity index (χ2n) is 4.04. The van der Waals surface area contributed by atoms with Gasteiger partial charge in [0.1, 0.15) is 0 Å². The topological polar surface area (TPSA) is 84.5 Å². The van der Waals surface area contributed by atoms with Gasteiger partial charge in [0.05, 0.1) is 4.90 Å². The first kappa shape index (κ1) is 16.6. The number of hydrogen-bond acceptors (Lipinski definition) is 4. The van der Waals surface area contributed by atoms with E-state index in [1.165, 1.54) is 19.2 Å². The van der Waals surface area contributed by atoms with E-state index in [4.69, 9.17) is 4.74 Å². The van der Waals surface area contributed by atoms with Gasteiger partial charge in [0.2, 0.25) is 10.0 Å². The van der Waals surface area contributed by atoms with E-state index in [0.29, 0.717) is 31.7 Å². The summed E-state index contributed by atoms with van der Waals surface area (Å²) >= 11 is 0. The van der Waals surface area contributed by atoms with Crippen LogP contribution in [0.4, 0.5) is 0 Å². The Morgan fingerprint density at radius 1 is 1.35 bits per heavy atom. The third kappa shape index (κ3) is 4.92. The van der Waals surface area contributed by atoms with Crippen molar-refractivity contribution >= 4 is 15.9 Å². The summed E-state index contributed by atoms with van der Waals surface area (Å²) in [5, 5.41) is 2.72. The highest BCUT2D eigenvalue weighted by atomic mass is 32.2. The molecule has 1 aromatic rings. The summed E-state index contributed by atoms with van der Waals surface area (Å²) in [5.41, 5.74) is 0.317. The van der Waals surface area contributed by atoms with Crippen LogP contribution in [0.1, 0.15) is 23.7 Å². The Kier molecular flexibility index (Phi) is 6.63. The van der Waals surface area contributed by atoms with Crippen LogP contribution in [0.15, 0.2) is 29.2 Å². The molecule has 0 spiro atoms. The zero-order valence-electron chi connectivity index (χ0n) is 11.7. The molecule has 0 atom stereocenters. The van der Waals surface area contributed by atoms with Crippen LogP contribution in [0.3, 0.4) is 0 Å². The van der Waals surface area contributed by atoms with Gasteiger partial charge in [-0.1, -0.05) is 6.07 Å². The van der Waals surface area contributed by atoms with Crippen molar-refractivity contribution in [1.29, 1.82) is 0 Å². The predicted octanol–water partition coefficient (Wildman–Crippen LogP) is 0.751. The average Bonchev–Trinajstić information content (AvgIpc) is 2.47. The molecule has 1 aromatic carbocycles. The number of amides is 1. The molecular formula is C13H20N2O4S. The molecule has 2 N–H and O–H groups in total. The lowest BCUT2D eigenvalue weighted by molar-refractivity contribution is 0.0944. The van der Waals surface area contributed by atoms with Gasteiger partial charge in [-0.2, -0.15) is 0 Å². The van der Waals surface area contributed by atoms with Crippen molar-refractivity contribution in [2.45, 2.75) is 18.2 Å². The molecule has 6 nitrogen and oxygen atoms in total. The highest BCUT2D eigenvalue weighted by molar-refractivity contribution is 7.89. The summed E-state index contributed by atoms with van der Waals surface area (Å²) < 4.78 is 30.7. The fraction of sp³-hybridized carbons (Fsp3) is 0.462. The fourth-order valence-electron chi connectivity index (χ4n) is 1.54. The van der Waals surface area contributed by atoms with Gasteiger partial charge in [0.25, 0.3) is 5.91 Å². The molecule has 0 heterocycles. The van der Waals surface area contributed by atoms with Crippen LogP contribution in [-0.4, -0.2) is 41.1 Å². The normalized spacial score (nSPS) is 11.3. The van der Waals surface area contributed by atoms with E-state index in [0.717, 1.165) is 0 Å². The maximum atomic E-state index is 11.9. The number of carbonyl (C=O) groups excluding carboxylic acids is 1. The highest BCUT2D eigenvalue weighted by Gasteiger charge is 2.13. The van der Waals surface area contributed by atoms with E-state index in [1.54, 1.807) is 12.1 Å². The summed E-state index contributed by atoms with van der Waals surface area (Å²) in [6.07, 6.45) is 0.716. The van der Waals surface area contributed by atoms with Gasteiger partial charge in [0, 0.05) is 25.3 Å². The van der Waals surface area contributed by atoms with Crippen molar-refractivity contribution in [3.8, 4) is 0 Å². The summed E-state index contributed by atoms with van der Waals surface area (Å²) in [4.78, 5) is 11.9. The van der Waals surface area contributed by atoms with E-state index >= 15 is 0 Å². The SMILES string of the molecule is CCOCCCNC(=O)c1cccc(S(=O)(=O)NC)c1. The van der Waals surface area contributed by atoms with E-state index < -0.39 is 10.0 Å². The van der Waals surface area contributed by atoms with Gasteiger partial charge in [-0.05, 0) is 38.6 Å². The molecule has 0 bridgehead atoms. The van der Waals surface area contributed by atoms with Crippen molar-refractivity contribution in [2.24, 2.45) is 0 Å². The minimum absolute atomic E-state index is 0.0713. The number of rotatable bonds is 8. The lowest BCUT2D eigenvalue weighted by Crippen LogP contribution is -2.26. The third-order valence-electron chi connectivity index (χ3n) is 2.63. The summed E-state index contributed by atoms with van der Waals surface area (Å²) in [5.74, 6) is -0.297. The minimum Gasteiger partial charge on any atom is -0.382 e. The number of hydrogen-bond donors (Lipinski definition) is 2. The van der Waals surface area contributed by atoms with Crippen molar-refractivity contribution in [3.05, 3.63) is 29.8 Å². The fourth-order valence-corrected chi connectivity index (χ4v) is 2.32. The molecule has 7 heteroatoms. The van der Waals surface area contributed by atoms with E-state index in [2.05, 4.69) is 10.0 Å². The Balaban J connectivity index is 2.63. The molecule has 1 rings (SSSR count). The summed E-state index contributed by atoms with van der Waals surface area (Å²) in [6, 6.07) is 5.91. The van der Waals surface area contributed by atoms with Gasteiger partial charge < -0.3 is 10.1 Å². The molecule has 0 aliphatic heterocycles. The standard InChI is InChI=1S/C13H20N2O4S/c1-3-19-9-5-8-15-13(16)11-6-4-7-12(10-11)20(17,18)14-2/h4,6-7,10,14H,3,5,8-9H2,1-2H3,(H,15,16). The Hall–Kier alpha value is -1.44. The second kappa shape index (κ2) is 7.98. The zero-order chi connectivity index (χ0) is 15.0. The Bertz CT molecular complexity index is 543. The number of ether oxygens (including phenoxy) is 1. The molecule has 1 amide bonds. The van der Waals surface area contributed by atoms with Gasteiger partial charge in [0.15, 0.2) is 0 Å². The van der Waals surface area contributed by atoms with Crippen molar-refractivity contribution in [3.63, 3.8) is 0 Å². The zero-order valence-corrected chi connectivity index (χ0v) is 12.5. The van der Waals surface area contributed by atoms with Crippen molar-refractivity contribution in [1.82, 2.24) is 10.0 Å². The van der Waals surface area contributed by atoms with Crippen LogP contribution in [0, 0.1) is 0 Å². The summed E-state index contributed by atoms with van der Waals surface area (Å²) in [6.45, 7) is 3.64. The van der Waals surface area contributed by atoms with Crippen molar-refractivity contribution in [2.75, 3.05) is 26.8 Å². The molecule has 0 aliphatic carbocycles.